The molecule has 0 amide bonds. The molecule has 6 heteroatoms. The van der Waals surface area contributed by atoms with Crippen LogP contribution >= 0.6 is 19.7 Å². The van der Waals surface area contributed by atoms with Gasteiger partial charge in [-0.15, -0.1) is 0 Å². The maximum Gasteiger partial charge on any atom is 0.118 e. The lowest BCUT2D eigenvalue weighted by atomic mass is 11.3. The smallest absolute Gasteiger partial charge is 0.118 e. The van der Waals surface area contributed by atoms with Crippen LogP contribution in [-0.4, -0.2) is 8.42 Å². The van der Waals surface area contributed by atoms with Crippen molar-refractivity contribution in [2.75, 3.05) is 0 Å². The van der Waals surface area contributed by atoms with Gasteiger partial charge in [-0.2, -0.15) is 0 Å². The van der Waals surface area contributed by atoms with Crippen LogP contribution in [-0.2, 0) is 19.7 Å². The van der Waals surface area contributed by atoms with Gasteiger partial charge in [0, 0.05) is 30.5 Å². The predicted octanol–water partition coefficient (Wildman–Crippen LogP) is 1.18. The minimum Gasteiger partial charge on any atom is -0.242 e. The van der Waals surface area contributed by atoms with E-state index >= 15 is 0 Å². The Hall–Kier alpha value is 0.740. The molecule has 1 rings (SSSR count). The fourth-order valence-electron chi connectivity index (χ4n) is 0.191. The van der Waals surface area contributed by atoms with E-state index in [1.54, 1.807) is 0 Å². The summed E-state index contributed by atoms with van der Waals surface area (Å²) in [6.07, 6.45) is 0. The van der Waals surface area contributed by atoms with Gasteiger partial charge in [0.15, 0.2) is 0 Å². The first kappa shape index (κ1) is 6.85. The maximum atomic E-state index is 10.4. The van der Waals surface area contributed by atoms with E-state index in [1.807, 2.05) is 0 Å². The molecule has 0 saturated heterocycles. The molecule has 1 aliphatic rings. The Balaban J connectivity index is 2.68. The SMILES string of the molecule is O=S1C=CS(=O)SS1. The Bertz CT molecular complexity index is 143. The van der Waals surface area contributed by atoms with Gasteiger partial charge in [-0.05, 0) is 0 Å². The van der Waals surface area contributed by atoms with Crippen molar-refractivity contribution < 1.29 is 8.42 Å². The summed E-state index contributed by atoms with van der Waals surface area (Å²) in [5.41, 5.74) is 0. The van der Waals surface area contributed by atoms with Crippen LogP contribution in [0.3, 0.4) is 0 Å². The van der Waals surface area contributed by atoms with Crippen LogP contribution in [0.15, 0.2) is 10.8 Å². The van der Waals surface area contributed by atoms with E-state index in [9.17, 15) is 8.42 Å². The number of hydrogen-bond acceptors (Lipinski definition) is 4. The quantitative estimate of drug-likeness (QED) is 0.532. The third-order valence-electron chi connectivity index (χ3n) is 0.440. The van der Waals surface area contributed by atoms with Crippen LogP contribution in [0.4, 0.5) is 0 Å². The second kappa shape index (κ2) is 3.05. The molecule has 0 bridgehead atoms. The molecule has 0 radical (unpaired) electrons. The third kappa shape index (κ3) is 1.93. The molecule has 0 aromatic heterocycles. The Morgan fingerprint density at radius 1 is 1.00 bits per heavy atom. The van der Waals surface area contributed by atoms with Crippen molar-refractivity contribution in [1.82, 2.24) is 0 Å². The van der Waals surface area contributed by atoms with Crippen molar-refractivity contribution in [3.8, 4) is 0 Å². The lowest BCUT2D eigenvalue weighted by molar-refractivity contribution is 0.694. The van der Waals surface area contributed by atoms with Gasteiger partial charge in [-0.3, -0.25) is 0 Å². The summed E-state index contributed by atoms with van der Waals surface area (Å²) in [6, 6.07) is 0. The summed E-state index contributed by atoms with van der Waals surface area (Å²) in [5.74, 6) is 0. The zero-order valence-corrected chi connectivity index (χ0v) is 6.87. The van der Waals surface area contributed by atoms with Gasteiger partial charge in [0.1, 0.15) is 19.7 Å². The van der Waals surface area contributed by atoms with Gasteiger partial charge in [0.25, 0.3) is 0 Å². The molecule has 46 valence electrons. The fourth-order valence-corrected chi connectivity index (χ4v) is 7.29. The average molecular weight is 186 g/mol. The average Bonchev–Trinajstić information content (AvgIpc) is 1.77. The van der Waals surface area contributed by atoms with E-state index in [1.165, 1.54) is 10.8 Å². The molecule has 2 nitrogen and oxygen atoms in total. The fraction of sp³-hybridized carbons (Fsp3) is 0. The molecule has 0 fully saturated rings. The highest BCUT2D eigenvalue weighted by molar-refractivity contribution is 9.22. The first-order chi connectivity index (χ1) is 3.79. The Labute approximate surface area is 58.6 Å². The molecule has 8 heavy (non-hydrogen) atoms. The van der Waals surface area contributed by atoms with Gasteiger partial charge in [-0.1, -0.05) is 0 Å². The molecular formula is C2H2O2S4. The van der Waals surface area contributed by atoms with E-state index in [2.05, 4.69) is 0 Å². The van der Waals surface area contributed by atoms with Gasteiger partial charge in [0.05, 0.1) is 0 Å². The van der Waals surface area contributed by atoms with Crippen LogP contribution in [0.2, 0.25) is 0 Å². The van der Waals surface area contributed by atoms with Gasteiger partial charge < -0.3 is 0 Å². The zero-order valence-electron chi connectivity index (χ0n) is 3.60. The highest BCUT2D eigenvalue weighted by Gasteiger charge is 2.06. The molecule has 1 heterocycles. The summed E-state index contributed by atoms with van der Waals surface area (Å²) in [4.78, 5) is 0. The summed E-state index contributed by atoms with van der Waals surface area (Å²) in [5, 5.41) is 2.88. The summed E-state index contributed by atoms with van der Waals surface area (Å²) < 4.78 is 20.9. The van der Waals surface area contributed by atoms with Crippen LogP contribution in [0.25, 0.3) is 0 Å². The Morgan fingerprint density at radius 2 is 1.38 bits per heavy atom. The first-order valence-electron chi connectivity index (χ1n) is 1.64. The lowest BCUT2D eigenvalue weighted by Gasteiger charge is -1.96. The van der Waals surface area contributed by atoms with Gasteiger partial charge in [0.2, 0.25) is 0 Å². The molecule has 0 N–H and O–H groups in total. The van der Waals surface area contributed by atoms with Crippen molar-refractivity contribution in [3.05, 3.63) is 10.8 Å². The highest BCUT2D eigenvalue weighted by Crippen LogP contribution is 2.33. The molecule has 0 saturated carbocycles. The largest absolute Gasteiger partial charge is 0.242 e. The highest BCUT2D eigenvalue weighted by atomic mass is 33.7. The second-order valence-electron chi connectivity index (χ2n) is 0.929. The topological polar surface area (TPSA) is 34.1 Å². The van der Waals surface area contributed by atoms with Gasteiger partial charge in [-0.25, -0.2) is 8.42 Å². The van der Waals surface area contributed by atoms with E-state index < -0.39 is 19.7 Å². The Morgan fingerprint density at radius 3 is 1.62 bits per heavy atom. The first-order valence-corrected chi connectivity index (χ1v) is 7.25. The second-order valence-corrected chi connectivity index (χ2v) is 8.02. The van der Waals surface area contributed by atoms with Crippen LogP contribution in [0.5, 0.6) is 0 Å². The zero-order chi connectivity index (χ0) is 5.98. The predicted molar refractivity (Wildman–Crippen MR) is 40.6 cm³/mol. The normalized spacial score (nSPS) is 37.5. The maximum absolute atomic E-state index is 10.4. The lowest BCUT2D eigenvalue weighted by Crippen LogP contribution is -1.81. The summed E-state index contributed by atoms with van der Waals surface area (Å²) in [6.45, 7) is 0. The van der Waals surface area contributed by atoms with E-state index in [0.717, 1.165) is 19.7 Å². The third-order valence-corrected chi connectivity index (χ3v) is 7.70. The molecule has 2 atom stereocenters. The molecule has 2 unspecified atom stereocenters. The van der Waals surface area contributed by atoms with Crippen molar-refractivity contribution >= 4 is 39.3 Å². The summed E-state index contributed by atoms with van der Waals surface area (Å²) >= 11 is 0. The van der Waals surface area contributed by atoms with E-state index in [-0.39, 0.29) is 0 Å². The van der Waals surface area contributed by atoms with Crippen molar-refractivity contribution in [1.29, 1.82) is 0 Å². The van der Waals surface area contributed by atoms with Crippen LogP contribution < -0.4 is 0 Å². The van der Waals surface area contributed by atoms with Crippen molar-refractivity contribution in [2.24, 2.45) is 0 Å². The number of rotatable bonds is 0. The monoisotopic (exact) mass is 186 g/mol. The standard InChI is InChI=1S/C2H2O2S4/c3-7-1-2-8(4)6-5-7/h1-2H. The molecule has 1 aliphatic heterocycles. The molecule has 0 spiro atoms. The van der Waals surface area contributed by atoms with Crippen molar-refractivity contribution in [3.63, 3.8) is 0 Å². The molecule has 0 aliphatic carbocycles. The van der Waals surface area contributed by atoms with Crippen LogP contribution in [0.1, 0.15) is 0 Å². The number of hydrogen-bond donors (Lipinski definition) is 0. The Kier molecular flexibility index (Phi) is 2.61. The molecular weight excluding hydrogens is 184 g/mol. The van der Waals surface area contributed by atoms with Gasteiger partial charge >= 0.3 is 0 Å². The van der Waals surface area contributed by atoms with E-state index in [4.69, 9.17) is 0 Å². The summed E-state index contributed by atoms with van der Waals surface area (Å²) in [7, 11) is 0.346. The van der Waals surface area contributed by atoms with E-state index in [0.29, 0.717) is 0 Å². The molecule has 0 aromatic carbocycles. The minimum atomic E-state index is -0.955. The minimum absolute atomic E-state index is 0.955. The molecule has 0 aromatic rings. The van der Waals surface area contributed by atoms with Crippen LogP contribution in [0, 0.1) is 0 Å². The van der Waals surface area contributed by atoms with Crippen molar-refractivity contribution in [2.45, 2.75) is 0 Å².